The van der Waals surface area contributed by atoms with Gasteiger partial charge in [0.2, 0.25) is 0 Å². The van der Waals surface area contributed by atoms with Gasteiger partial charge in [0.1, 0.15) is 5.69 Å². The van der Waals surface area contributed by atoms with Crippen molar-refractivity contribution in [3.8, 4) is 5.75 Å². The van der Waals surface area contributed by atoms with Crippen LogP contribution in [0.3, 0.4) is 0 Å². The number of aromatic nitrogens is 1. The minimum atomic E-state index is -1.10. The van der Waals surface area contributed by atoms with Crippen LogP contribution in [0, 0.1) is 5.82 Å². The van der Waals surface area contributed by atoms with Crippen LogP contribution in [0.4, 0.5) is 4.39 Å². The molecule has 7 nitrogen and oxygen atoms in total. The van der Waals surface area contributed by atoms with Gasteiger partial charge in [0.25, 0.3) is 5.91 Å². The molecule has 1 aliphatic heterocycles. The average molecular weight is 360 g/mol. The topological polar surface area (TPSA) is 88.8 Å². The maximum absolute atomic E-state index is 14.1. The summed E-state index contributed by atoms with van der Waals surface area (Å²) in [6, 6.07) is 4.77. The number of methoxy groups -OCH3 is 1. The summed E-state index contributed by atoms with van der Waals surface area (Å²) in [5.74, 6) is -2.09. The first-order valence-corrected chi connectivity index (χ1v) is 7.96. The molecule has 0 bridgehead atoms. The first kappa shape index (κ1) is 17.7. The molecule has 136 valence electrons. The SMILES string of the molecule is COc1ccc(C(CC(=O)O)N2CCn3cc(C=O)cc3C2=O)cc1F. The molecular weight excluding hydrogens is 343 g/mol. The monoisotopic (exact) mass is 360 g/mol. The minimum Gasteiger partial charge on any atom is -0.494 e. The molecule has 3 rings (SSSR count). The predicted octanol–water partition coefficient (Wildman–Crippen LogP) is 2.12. The maximum atomic E-state index is 14.1. The Morgan fingerprint density at radius 3 is 2.77 bits per heavy atom. The number of nitrogens with zero attached hydrogens (tertiary/aromatic N) is 2. The van der Waals surface area contributed by atoms with E-state index in [1.807, 2.05) is 0 Å². The summed E-state index contributed by atoms with van der Waals surface area (Å²) in [5, 5.41) is 9.26. The van der Waals surface area contributed by atoms with Gasteiger partial charge in [0.05, 0.1) is 19.6 Å². The highest BCUT2D eigenvalue weighted by Crippen LogP contribution is 2.31. The van der Waals surface area contributed by atoms with Crippen molar-refractivity contribution in [2.24, 2.45) is 0 Å². The Bertz CT molecular complexity index is 876. The highest BCUT2D eigenvalue weighted by molar-refractivity contribution is 5.96. The van der Waals surface area contributed by atoms with Crippen molar-refractivity contribution in [1.82, 2.24) is 9.47 Å². The zero-order valence-corrected chi connectivity index (χ0v) is 14.0. The summed E-state index contributed by atoms with van der Waals surface area (Å²) in [6.45, 7) is 0.675. The fourth-order valence-electron chi connectivity index (χ4n) is 3.19. The number of carboxylic acids is 1. The lowest BCUT2D eigenvalue weighted by Crippen LogP contribution is -2.43. The van der Waals surface area contributed by atoms with Crippen molar-refractivity contribution in [3.63, 3.8) is 0 Å². The maximum Gasteiger partial charge on any atom is 0.305 e. The Morgan fingerprint density at radius 2 is 2.15 bits per heavy atom. The second kappa shape index (κ2) is 6.99. The van der Waals surface area contributed by atoms with Gasteiger partial charge >= 0.3 is 5.97 Å². The molecule has 1 N–H and O–H groups in total. The highest BCUT2D eigenvalue weighted by atomic mass is 19.1. The van der Waals surface area contributed by atoms with E-state index in [1.54, 1.807) is 16.8 Å². The molecule has 1 aromatic heterocycles. The van der Waals surface area contributed by atoms with E-state index in [-0.39, 0.29) is 18.7 Å². The van der Waals surface area contributed by atoms with Gasteiger partial charge in [0, 0.05) is 24.8 Å². The van der Waals surface area contributed by atoms with Gasteiger partial charge in [-0.15, -0.1) is 0 Å². The number of carboxylic acid groups (broad SMARTS) is 1. The van der Waals surface area contributed by atoms with Crippen molar-refractivity contribution < 1.29 is 28.6 Å². The molecule has 0 spiro atoms. The van der Waals surface area contributed by atoms with E-state index in [4.69, 9.17) is 4.74 Å². The molecule has 1 unspecified atom stereocenters. The lowest BCUT2D eigenvalue weighted by atomic mass is 10.00. The van der Waals surface area contributed by atoms with Crippen molar-refractivity contribution in [3.05, 3.63) is 53.1 Å². The van der Waals surface area contributed by atoms with E-state index in [9.17, 15) is 23.9 Å². The molecule has 8 heteroatoms. The molecule has 0 saturated carbocycles. The lowest BCUT2D eigenvalue weighted by Gasteiger charge is -2.35. The fourth-order valence-corrected chi connectivity index (χ4v) is 3.19. The van der Waals surface area contributed by atoms with E-state index < -0.39 is 23.7 Å². The summed E-state index contributed by atoms with van der Waals surface area (Å²) in [7, 11) is 1.33. The van der Waals surface area contributed by atoms with E-state index >= 15 is 0 Å². The largest absolute Gasteiger partial charge is 0.494 e. The zero-order chi connectivity index (χ0) is 18.8. The third-order valence-corrected chi connectivity index (χ3v) is 4.42. The van der Waals surface area contributed by atoms with Crippen molar-refractivity contribution in [1.29, 1.82) is 0 Å². The Hall–Kier alpha value is -3.16. The first-order valence-electron chi connectivity index (χ1n) is 7.96. The van der Waals surface area contributed by atoms with Crippen LogP contribution in [-0.2, 0) is 11.3 Å². The van der Waals surface area contributed by atoms with Crippen LogP contribution >= 0.6 is 0 Å². The van der Waals surface area contributed by atoms with Crippen molar-refractivity contribution in [2.75, 3.05) is 13.7 Å². The molecule has 0 radical (unpaired) electrons. The lowest BCUT2D eigenvalue weighted by molar-refractivity contribution is -0.138. The molecular formula is C18H17FN2O5. The Morgan fingerprint density at radius 1 is 1.38 bits per heavy atom. The number of carbonyl (C=O) groups excluding carboxylic acids is 2. The molecule has 0 fully saturated rings. The van der Waals surface area contributed by atoms with Gasteiger partial charge in [-0.1, -0.05) is 6.07 Å². The number of halogens is 1. The van der Waals surface area contributed by atoms with Crippen LogP contribution in [0.15, 0.2) is 30.5 Å². The summed E-state index contributed by atoms with van der Waals surface area (Å²) in [5.41, 5.74) is 1.05. The summed E-state index contributed by atoms with van der Waals surface area (Å²) >= 11 is 0. The summed E-state index contributed by atoms with van der Waals surface area (Å²) in [6.07, 6.45) is 1.87. The molecule has 2 heterocycles. The quantitative estimate of drug-likeness (QED) is 0.797. The van der Waals surface area contributed by atoms with E-state index in [2.05, 4.69) is 0 Å². The summed E-state index contributed by atoms with van der Waals surface area (Å²) in [4.78, 5) is 36.5. The number of aldehydes is 1. The van der Waals surface area contributed by atoms with Crippen LogP contribution < -0.4 is 4.74 Å². The number of amides is 1. The zero-order valence-electron chi connectivity index (χ0n) is 14.0. The van der Waals surface area contributed by atoms with Gasteiger partial charge in [-0.05, 0) is 23.8 Å². The first-order chi connectivity index (χ1) is 12.4. The summed E-state index contributed by atoms with van der Waals surface area (Å²) < 4.78 is 20.6. The predicted molar refractivity (Wildman–Crippen MR) is 88.8 cm³/mol. The smallest absolute Gasteiger partial charge is 0.305 e. The van der Waals surface area contributed by atoms with Gasteiger partial charge in [0.15, 0.2) is 17.9 Å². The molecule has 0 aliphatic carbocycles. The van der Waals surface area contributed by atoms with Gasteiger partial charge < -0.3 is 19.3 Å². The van der Waals surface area contributed by atoms with Crippen LogP contribution in [0.1, 0.15) is 38.9 Å². The molecule has 1 aromatic carbocycles. The Labute approximate surface area is 148 Å². The molecule has 1 amide bonds. The minimum absolute atomic E-state index is 0.0392. The van der Waals surface area contributed by atoms with Crippen molar-refractivity contribution in [2.45, 2.75) is 19.0 Å². The second-order valence-electron chi connectivity index (χ2n) is 5.98. The number of aliphatic carboxylic acids is 1. The molecule has 0 saturated heterocycles. The number of ether oxygens (including phenoxy) is 1. The average Bonchev–Trinajstić information content (AvgIpc) is 3.04. The third-order valence-electron chi connectivity index (χ3n) is 4.42. The standard InChI is InChI=1S/C18H17FN2O5/c1-26-16-3-2-12(7-13(16)19)14(8-17(23)24)21-5-4-20-9-11(10-22)6-15(20)18(21)25/h2-3,6-7,9-10,14H,4-5,8H2,1H3,(H,23,24). The number of hydrogen-bond acceptors (Lipinski definition) is 4. The Kier molecular flexibility index (Phi) is 4.75. The number of benzene rings is 1. The van der Waals surface area contributed by atoms with Crippen molar-refractivity contribution >= 4 is 18.2 Å². The molecule has 1 atom stereocenters. The number of fused-ring (bicyclic) bond motifs is 1. The number of carbonyl (C=O) groups is 3. The van der Waals surface area contributed by atoms with Crippen LogP contribution in [0.25, 0.3) is 0 Å². The van der Waals surface area contributed by atoms with Crippen LogP contribution in [0.2, 0.25) is 0 Å². The molecule has 26 heavy (non-hydrogen) atoms. The van der Waals surface area contributed by atoms with Gasteiger partial charge in [-0.2, -0.15) is 0 Å². The third kappa shape index (κ3) is 3.17. The van der Waals surface area contributed by atoms with Crippen LogP contribution in [-0.4, -0.2) is 46.4 Å². The van der Waals surface area contributed by atoms with E-state index in [1.165, 1.54) is 30.2 Å². The molecule has 1 aliphatic rings. The number of rotatable bonds is 6. The Balaban J connectivity index is 1.98. The van der Waals surface area contributed by atoms with E-state index in [0.29, 0.717) is 29.7 Å². The second-order valence-corrected chi connectivity index (χ2v) is 5.98. The van der Waals surface area contributed by atoms with Gasteiger partial charge in [-0.25, -0.2) is 4.39 Å². The van der Waals surface area contributed by atoms with Gasteiger partial charge in [-0.3, -0.25) is 14.4 Å². The normalized spacial score (nSPS) is 14.7. The highest BCUT2D eigenvalue weighted by Gasteiger charge is 2.33. The van der Waals surface area contributed by atoms with Crippen LogP contribution in [0.5, 0.6) is 5.75 Å². The number of hydrogen-bond donors (Lipinski definition) is 1. The van der Waals surface area contributed by atoms with E-state index in [0.717, 1.165) is 0 Å². The molecule has 2 aromatic rings. The fraction of sp³-hybridized carbons (Fsp3) is 0.278.